The highest BCUT2D eigenvalue weighted by molar-refractivity contribution is 5.78. The molecule has 0 amide bonds. The van der Waals surface area contributed by atoms with Crippen molar-refractivity contribution in [3.63, 3.8) is 0 Å². The third-order valence-electron chi connectivity index (χ3n) is 8.31. The van der Waals surface area contributed by atoms with Gasteiger partial charge in [0.1, 0.15) is 5.75 Å². The van der Waals surface area contributed by atoms with Gasteiger partial charge in [0.25, 0.3) is 0 Å². The van der Waals surface area contributed by atoms with Crippen molar-refractivity contribution in [1.82, 2.24) is 0 Å². The van der Waals surface area contributed by atoms with Crippen molar-refractivity contribution in [1.29, 1.82) is 0 Å². The maximum atomic E-state index is 11.0. The fourth-order valence-corrected chi connectivity index (χ4v) is 5.73. The lowest BCUT2D eigenvalue weighted by molar-refractivity contribution is -0.137. The highest BCUT2D eigenvalue weighted by Crippen LogP contribution is 2.42. The largest absolute Gasteiger partial charge is 0.493 e. The monoisotopic (exact) mass is 544 g/mol. The van der Waals surface area contributed by atoms with Crippen LogP contribution in [0.15, 0.2) is 66.3 Å². The molecule has 40 heavy (non-hydrogen) atoms. The van der Waals surface area contributed by atoms with Crippen molar-refractivity contribution < 1.29 is 19.7 Å². The first-order valence-electron chi connectivity index (χ1n) is 14.8. The number of benzene rings is 2. The summed E-state index contributed by atoms with van der Waals surface area (Å²) in [5, 5.41) is 19.8. The first-order valence-corrected chi connectivity index (χ1v) is 14.8. The van der Waals surface area contributed by atoms with Crippen LogP contribution in [0.25, 0.3) is 5.57 Å². The molecule has 0 bridgehead atoms. The summed E-state index contributed by atoms with van der Waals surface area (Å²) in [6.07, 6.45) is 12.4. The molecule has 0 fully saturated rings. The number of carbonyl (C=O) groups is 1. The van der Waals surface area contributed by atoms with Gasteiger partial charge in [-0.3, -0.25) is 4.79 Å². The van der Waals surface area contributed by atoms with E-state index in [0.717, 1.165) is 48.1 Å². The average Bonchev–Trinajstić information content (AvgIpc) is 3.15. The molecule has 4 nitrogen and oxygen atoms in total. The fraction of sp³-hybridized carbons (Fsp3) is 0.472. The van der Waals surface area contributed by atoms with Crippen LogP contribution >= 0.6 is 0 Å². The van der Waals surface area contributed by atoms with Crippen LogP contribution < -0.4 is 4.74 Å². The van der Waals surface area contributed by atoms with Crippen LogP contribution in [-0.4, -0.2) is 28.9 Å². The number of hydrogen-bond donors (Lipinski definition) is 2. The zero-order valence-corrected chi connectivity index (χ0v) is 25.5. The zero-order chi connectivity index (χ0) is 29.5. The second-order valence-corrected chi connectivity index (χ2v) is 12.2. The number of allylic oxidation sites excluding steroid dienone is 4. The Kier molecular flexibility index (Phi) is 10.6. The van der Waals surface area contributed by atoms with Gasteiger partial charge >= 0.3 is 5.97 Å². The van der Waals surface area contributed by atoms with Gasteiger partial charge in [0, 0.05) is 11.8 Å². The van der Waals surface area contributed by atoms with Gasteiger partial charge in [-0.2, -0.15) is 0 Å². The molecule has 0 aliphatic heterocycles. The SMILES string of the molecule is CCC(CC)(c1ccc(OCCCCC(=O)O)c(C)c1)c1ccc(C2=CCC=CC(C(O)C(C)(C)C)=C2)c(C)c1. The van der Waals surface area contributed by atoms with Crippen LogP contribution in [0.5, 0.6) is 5.75 Å². The predicted octanol–water partition coefficient (Wildman–Crippen LogP) is 8.72. The summed E-state index contributed by atoms with van der Waals surface area (Å²) in [7, 11) is 0. The lowest BCUT2D eigenvalue weighted by atomic mass is 9.69. The van der Waals surface area contributed by atoms with E-state index in [2.05, 4.69) is 109 Å². The van der Waals surface area contributed by atoms with Crippen LogP contribution in [0.2, 0.25) is 0 Å². The summed E-state index contributed by atoms with van der Waals surface area (Å²) in [4.78, 5) is 10.7. The molecule has 0 spiro atoms. The maximum Gasteiger partial charge on any atom is 0.303 e. The molecule has 1 aliphatic carbocycles. The van der Waals surface area contributed by atoms with E-state index in [1.54, 1.807) is 0 Å². The summed E-state index contributed by atoms with van der Waals surface area (Å²) in [6, 6.07) is 13.4. The Hall–Kier alpha value is -3.11. The van der Waals surface area contributed by atoms with Gasteiger partial charge in [0.2, 0.25) is 0 Å². The molecule has 1 unspecified atom stereocenters. The van der Waals surface area contributed by atoms with Crippen molar-refractivity contribution in [3.8, 4) is 5.75 Å². The lowest BCUT2D eigenvalue weighted by Gasteiger charge is -2.34. The molecule has 2 N–H and O–H groups in total. The number of carboxylic acid groups (broad SMARTS) is 1. The first kappa shape index (κ1) is 31.4. The molecule has 2 aromatic carbocycles. The number of hydrogen-bond acceptors (Lipinski definition) is 3. The standard InChI is InChI=1S/C36H48O4/c1-8-36(9-2,30-18-20-32(26(4)23-30)40-21-13-12-16-33(37)38)29-17-19-31(25(3)22-29)27-14-10-11-15-28(24-27)34(39)35(5,6)7/h11,14-15,17-20,22-24,34,39H,8-10,12-13,16,21H2,1-7H3,(H,37,38). The third kappa shape index (κ3) is 7.34. The maximum absolute atomic E-state index is 11.0. The van der Waals surface area contributed by atoms with Crippen LogP contribution in [0.4, 0.5) is 0 Å². The number of aliphatic carboxylic acids is 1. The molecular formula is C36H48O4. The molecule has 1 atom stereocenters. The van der Waals surface area contributed by atoms with E-state index in [-0.39, 0.29) is 17.3 Å². The zero-order valence-electron chi connectivity index (χ0n) is 25.5. The number of aryl methyl sites for hydroxylation is 2. The fourth-order valence-electron chi connectivity index (χ4n) is 5.73. The van der Waals surface area contributed by atoms with Crippen molar-refractivity contribution >= 4 is 11.5 Å². The molecule has 3 rings (SSSR count). The van der Waals surface area contributed by atoms with Crippen LogP contribution in [-0.2, 0) is 10.2 Å². The third-order valence-corrected chi connectivity index (χ3v) is 8.31. The van der Waals surface area contributed by atoms with Crippen molar-refractivity contribution in [2.24, 2.45) is 5.41 Å². The number of aliphatic hydroxyl groups is 1. The topological polar surface area (TPSA) is 66.8 Å². The molecule has 2 aromatic rings. The van der Waals surface area contributed by atoms with Crippen molar-refractivity contribution in [2.75, 3.05) is 6.61 Å². The van der Waals surface area contributed by atoms with Gasteiger partial charge in [-0.1, -0.05) is 83.2 Å². The Morgan fingerprint density at radius 1 is 0.975 bits per heavy atom. The minimum atomic E-state index is -0.761. The highest BCUT2D eigenvalue weighted by Gasteiger charge is 2.32. The van der Waals surface area contributed by atoms with E-state index in [0.29, 0.717) is 13.0 Å². The van der Waals surface area contributed by atoms with E-state index in [1.807, 2.05) is 0 Å². The number of carboxylic acids is 1. The molecule has 0 aromatic heterocycles. The second-order valence-electron chi connectivity index (χ2n) is 12.2. The van der Waals surface area contributed by atoms with E-state index in [9.17, 15) is 9.90 Å². The van der Waals surface area contributed by atoms with Crippen LogP contribution in [0.1, 0.15) is 101 Å². The Bertz CT molecular complexity index is 1270. The summed E-state index contributed by atoms with van der Waals surface area (Å²) in [5.74, 6) is 0.100. The molecule has 0 saturated carbocycles. The van der Waals surface area contributed by atoms with E-state index in [4.69, 9.17) is 9.84 Å². The van der Waals surface area contributed by atoms with E-state index in [1.165, 1.54) is 22.3 Å². The number of ether oxygens (including phenoxy) is 1. The lowest BCUT2D eigenvalue weighted by Crippen LogP contribution is -2.27. The number of rotatable bonds is 12. The van der Waals surface area contributed by atoms with Gasteiger partial charge in [0.15, 0.2) is 0 Å². The van der Waals surface area contributed by atoms with Crippen molar-refractivity contribution in [3.05, 3.63) is 94.1 Å². The molecule has 4 heteroatoms. The van der Waals surface area contributed by atoms with Gasteiger partial charge in [-0.15, -0.1) is 0 Å². The molecule has 0 saturated heterocycles. The van der Waals surface area contributed by atoms with Crippen LogP contribution in [0, 0.1) is 19.3 Å². The minimum absolute atomic E-state index is 0.114. The van der Waals surface area contributed by atoms with E-state index >= 15 is 0 Å². The Morgan fingerprint density at radius 2 is 1.62 bits per heavy atom. The van der Waals surface area contributed by atoms with Crippen LogP contribution in [0.3, 0.4) is 0 Å². The summed E-state index contributed by atoms with van der Waals surface area (Å²) in [6.45, 7) is 15.5. The van der Waals surface area contributed by atoms with Gasteiger partial charge in [-0.25, -0.2) is 0 Å². The second kappa shape index (κ2) is 13.5. The summed E-state index contributed by atoms with van der Waals surface area (Å²) in [5.41, 5.74) is 7.90. The minimum Gasteiger partial charge on any atom is -0.493 e. The van der Waals surface area contributed by atoms with Crippen molar-refractivity contribution in [2.45, 2.75) is 98.5 Å². The Labute approximate surface area is 241 Å². The highest BCUT2D eigenvalue weighted by atomic mass is 16.5. The summed E-state index contributed by atoms with van der Waals surface area (Å²) < 4.78 is 5.99. The Balaban J connectivity index is 1.89. The smallest absolute Gasteiger partial charge is 0.303 e. The molecule has 0 radical (unpaired) electrons. The van der Waals surface area contributed by atoms with Gasteiger partial charge in [-0.05, 0) is 102 Å². The normalized spacial score (nSPS) is 14.8. The number of aliphatic hydroxyl groups excluding tert-OH is 1. The molecular weight excluding hydrogens is 496 g/mol. The first-order chi connectivity index (χ1) is 18.9. The average molecular weight is 545 g/mol. The van der Waals surface area contributed by atoms with Gasteiger partial charge < -0.3 is 14.9 Å². The number of unbranched alkanes of at least 4 members (excludes halogenated alkanes) is 1. The molecule has 0 heterocycles. The Morgan fingerprint density at radius 3 is 2.20 bits per heavy atom. The van der Waals surface area contributed by atoms with E-state index < -0.39 is 12.1 Å². The predicted molar refractivity (Wildman–Crippen MR) is 166 cm³/mol. The quantitative estimate of drug-likeness (QED) is 0.262. The van der Waals surface area contributed by atoms with Gasteiger partial charge in [0.05, 0.1) is 12.7 Å². The summed E-state index contributed by atoms with van der Waals surface area (Å²) >= 11 is 0. The molecule has 216 valence electrons. The molecule has 1 aliphatic rings.